The molecule has 3 rings (SSSR count). The Labute approximate surface area is 219 Å². The number of carboxylic acids is 1. The van der Waals surface area contributed by atoms with Crippen LogP contribution in [0.5, 0.6) is 5.75 Å². The van der Waals surface area contributed by atoms with Crippen LogP contribution in [0.2, 0.25) is 5.28 Å². The molecule has 14 heteroatoms. The van der Waals surface area contributed by atoms with Crippen molar-refractivity contribution in [2.45, 2.75) is 30.7 Å². The third-order valence-corrected chi connectivity index (χ3v) is 7.13. The highest BCUT2D eigenvalue weighted by Gasteiger charge is 2.26. The summed E-state index contributed by atoms with van der Waals surface area (Å²) in [4.78, 5) is 25.3. The molecular weight excluding hydrogens is 524 g/mol. The smallest absolute Gasteiger partial charge is 0.326 e. The molecule has 1 heterocycles. The third kappa shape index (κ3) is 7.26. The Morgan fingerprint density at radius 3 is 2.24 bits per heavy atom. The Kier molecular flexibility index (Phi) is 8.86. The maximum absolute atomic E-state index is 13.0. The maximum atomic E-state index is 13.0. The SMILES string of the molecule is Cc1ccc(S(=O)(=O)N(C)c2nc(Cl)nc(NC(Cc3ccc(OC(O)N(C)C)cc3)C(=O)O)n2)cc1. The third-order valence-electron chi connectivity index (χ3n) is 5.21. The highest BCUT2D eigenvalue weighted by molar-refractivity contribution is 7.92. The van der Waals surface area contributed by atoms with E-state index in [1.165, 1.54) is 24.1 Å². The molecule has 0 aliphatic heterocycles. The van der Waals surface area contributed by atoms with Gasteiger partial charge in [0.15, 0.2) is 0 Å². The number of aromatic nitrogens is 3. The second-order valence-corrected chi connectivity index (χ2v) is 10.6. The molecule has 0 bridgehead atoms. The molecule has 12 nitrogen and oxygen atoms in total. The van der Waals surface area contributed by atoms with Crippen molar-refractivity contribution in [2.75, 3.05) is 30.8 Å². The molecule has 1 aromatic heterocycles. The number of benzene rings is 2. The number of carbonyl (C=O) groups is 1. The number of carboxylic acid groups (broad SMARTS) is 1. The van der Waals surface area contributed by atoms with E-state index in [4.69, 9.17) is 16.3 Å². The molecule has 37 heavy (non-hydrogen) atoms. The number of aryl methyl sites for hydroxylation is 1. The number of sulfonamides is 1. The first kappa shape index (κ1) is 28.1. The van der Waals surface area contributed by atoms with E-state index in [1.54, 1.807) is 50.5 Å². The zero-order valence-corrected chi connectivity index (χ0v) is 22.1. The van der Waals surface area contributed by atoms with E-state index in [9.17, 15) is 23.4 Å². The quantitative estimate of drug-likeness (QED) is 0.300. The normalized spacial score (nSPS) is 13.2. The number of hydrogen-bond donors (Lipinski definition) is 3. The predicted molar refractivity (Wildman–Crippen MR) is 137 cm³/mol. The van der Waals surface area contributed by atoms with Crippen LogP contribution in [0.3, 0.4) is 0 Å². The largest absolute Gasteiger partial charge is 0.480 e. The summed E-state index contributed by atoms with van der Waals surface area (Å²) in [5.74, 6) is -1.28. The summed E-state index contributed by atoms with van der Waals surface area (Å²) in [6, 6.07) is 11.6. The lowest BCUT2D eigenvalue weighted by Gasteiger charge is -2.20. The summed E-state index contributed by atoms with van der Waals surface area (Å²) in [5, 5.41) is 21.9. The van der Waals surface area contributed by atoms with Gasteiger partial charge in [-0.2, -0.15) is 15.0 Å². The van der Waals surface area contributed by atoms with Crippen LogP contribution in [0.15, 0.2) is 53.4 Å². The van der Waals surface area contributed by atoms with Crippen LogP contribution >= 0.6 is 11.6 Å². The molecule has 2 atom stereocenters. The lowest BCUT2D eigenvalue weighted by Crippen LogP contribution is -2.33. The van der Waals surface area contributed by atoms with Gasteiger partial charge in [0.2, 0.25) is 17.2 Å². The van der Waals surface area contributed by atoms with E-state index >= 15 is 0 Å². The van der Waals surface area contributed by atoms with Crippen LogP contribution in [0, 0.1) is 6.92 Å². The summed E-state index contributed by atoms with van der Waals surface area (Å²) in [6.07, 6.45) is -1.10. The average Bonchev–Trinajstić information content (AvgIpc) is 2.84. The van der Waals surface area contributed by atoms with Gasteiger partial charge in [0.05, 0.1) is 4.90 Å². The number of rotatable bonds is 11. The van der Waals surface area contributed by atoms with Crippen molar-refractivity contribution in [3.8, 4) is 5.75 Å². The van der Waals surface area contributed by atoms with Gasteiger partial charge in [0, 0.05) is 13.5 Å². The van der Waals surface area contributed by atoms with Crippen molar-refractivity contribution >= 4 is 39.5 Å². The minimum atomic E-state index is -4.01. The van der Waals surface area contributed by atoms with Crippen molar-refractivity contribution in [1.29, 1.82) is 0 Å². The minimum Gasteiger partial charge on any atom is -0.480 e. The fraction of sp³-hybridized carbons (Fsp3) is 0.304. The van der Waals surface area contributed by atoms with E-state index in [0.29, 0.717) is 11.3 Å². The van der Waals surface area contributed by atoms with Gasteiger partial charge < -0.3 is 20.3 Å². The van der Waals surface area contributed by atoms with Crippen molar-refractivity contribution < 1.29 is 28.2 Å². The van der Waals surface area contributed by atoms with E-state index in [2.05, 4.69) is 20.3 Å². The van der Waals surface area contributed by atoms with Crippen LogP contribution in [0.25, 0.3) is 0 Å². The Bertz CT molecular complexity index is 1340. The monoisotopic (exact) mass is 550 g/mol. The van der Waals surface area contributed by atoms with Crippen molar-refractivity contribution in [3.05, 3.63) is 64.9 Å². The van der Waals surface area contributed by atoms with Gasteiger partial charge in [-0.15, -0.1) is 0 Å². The Morgan fingerprint density at radius 2 is 1.68 bits per heavy atom. The molecule has 0 aliphatic carbocycles. The molecule has 0 aliphatic rings. The first-order chi connectivity index (χ1) is 17.4. The zero-order valence-electron chi connectivity index (χ0n) is 20.5. The highest BCUT2D eigenvalue weighted by atomic mass is 35.5. The number of aliphatic hydroxyl groups is 1. The maximum Gasteiger partial charge on any atom is 0.326 e. The van der Waals surface area contributed by atoms with Crippen LogP contribution < -0.4 is 14.4 Å². The topological polar surface area (TPSA) is 158 Å². The summed E-state index contributed by atoms with van der Waals surface area (Å²) in [6.45, 7) is 1.83. The summed E-state index contributed by atoms with van der Waals surface area (Å²) < 4.78 is 32.2. The average molecular weight is 551 g/mol. The van der Waals surface area contributed by atoms with E-state index in [1.807, 2.05) is 6.92 Å². The van der Waals surface area contributed by atoms with Crippen LogP contribution in [-0.4, -0.2) is 78.1 Å². The molecule has 2 unspecified atom stereocenters. The van der Waals surface area contributed by atoms with Gasteiger partial charge >= 0.3 is 5.97 Å². The fourth-order valence-electron chi connectivity index (χ4n) is 3.04. The molecule has 0 saturated carbocycles. The lowest BCUT2D eigenvalue weighted by atomic mass is 10.1. The second-order valence-electron chi connectivity index (χ2n) is 8.30. The first-order valence-corrected chi connectivity index (χ1v) is 12.7. The number of aliphatic carboxylic acids is 1. The molecule has 0 radical (unpaired) electrons. The van der Waals surface area contributed by atoms with Gasteiger partial charge in [0.1, 0.15) is 11.8 Å². The van der Waals surface area contributed by atoms with E-state index in [-0.39, 0.29) is 28.5 Å². The molecule has 0 saturated heterocycles. The summed E-state index contributed by atoms with van der Waals surface area (Å²) >= 11 is 6.01. The molecule has 198 valence electrons. The van der Waals surface area contributed by atoms with E-state index in [0.717, 1.165) is 9.87 Å². The van der Waals surface area contributed by atoms with Gasteiger partial charge in [-0.3, -0.25) is 4.90 Å². The van der Waals surface area contributed by atoms with Crippen LogP contribution in [0.1, 0.15) is 11.1 Å². The lowest BCUT2D eigenvalue weighted by molar-refractivity contribution is -0.137. The number of hydrogen-bond acceptors (Lipinski definition) is 10. The molecule has 2 aromatic carbocycles. The standard InChI is InChI=1S/C23H27ClN6O6S/c1-14-5-11-17(12-6-14)37(34,35)30(4)22-27-20(24)26-21(28-22)25-18(19(31)32)13-15-7-9-16(10-8-15)36-23(33)29(2)3/h5-12,18,23,33H,13H2,1-4H3,(H,31,32)(H,25,26,27,28). The van der Waals surface area contributed by atoms with Gasteiger partial charge in [-0.05, 0) is 62.4 Å². The van der Waals surface area contributed by atoms with Crippen molar-refractivity contribution in [1.82, 2.24) is 19.9 Å². The molecule has 0 amide bonds. The molecule has 3 N–H and O–H groups in total. The van der Waals surface area contributed by atoms with E-state index < -0.39 is 28.4 Å². The Hall–Kier alpha value is -3.52. The number of aliphatic hydroxyl groups excluding tert-OH is 1. The van der Waals surface area contributed by atoms with Crippen molar-refractivity contribution in [2.24, 2.45) is 0 Å². The van der Waals surface area contributed by atoms with Crippen molar-refractivity contribution in [3.63, 3.8) is 0 Å². The second kappa shape index (κ2) is 11.7. The number of nitrogens with one attached hydrogen (secondary N) is 1. The minimum absolute atomic E-state index is 0.0283. The summed E-state index contributed by atoms with van der Waals surface area (Å²) in [5.41, 5.74) is 1.54. The highest BCUT2D eigenvalue weighted by Crippen LogP contribution is 2.22. The molecule has 0 fully saturated rings. The molecule has 0 spiro atoms. The predicted octanol–water partition coefficient (Wildman–Crippen LogP) is 1.98. The number of ether oxygens (including phenoxy) is 1. The number of anilines is 2. The Morgan fingerprint density at radius 1 is 1.05 bits per heavy atom. The molecule has 3 aromatic rings. The van der Waals surface area contributed by atoms with Crippen LogP contribution in [0.4, 0.5) is 11.9 Å². The summed E-state index contributed by atoms with van der Waals surface area (Å²) in [7, 11) is 0.550. The number of nitrogens with zero attached hydrogens (tertiary/aromatic N) is 5. The number of halogens is 1. The van der Waals surface area contributed by atoms with Crippen LogP contribution in [-0.2, 0) is 21.2 Å². The van der Waals surface area contributed by atoms with Gasteiger partial charge in [-0.1, -0.05) is 29.8 Å². The Balaban J connectivity index is 1.79. The fourth-order valence-corrected chi connectivity index (χ4v) is 4.29. The molecular formula is C23H27ClN6O6S. The first-order valence-electron chi connectivity index (χ1n) is 10.9. The van der Waals surface area contributed by atoms with Gasteiger partial charge in [0.25, 0.3) is 16.4 Å². The zero-order chi connectivity index (χ0) is 27.3. The van der Waals surface area contributed by atoms with Gasteiger partial charge in [-0.25, -0.2) is 17.5 Å².